The molecule has 8 nitrogen and oxygen atoms in total. The normalized spacial score (nSPS) is 13.4. The first kappa shape index (κ1) is 71.4. The van der Waals surface area contributed by atoms with Crippen LogP contribution in [0.5, 0.6) is 0 Å². The molecule has 0 saturated carbocycles. The largest absolute Gasteiger partial charge is 0.456 e. The van der Waals surface area contributed by atoms with Gasteiger partial charge in [0, 0.05) is 124 Å². The molecule has 8 heteroatoms. The Bertz CT molecular complexity index is 7710. The summed E-state index contributed by atoms with van der Waals surface area (Å²) in [5.41, 5.74) is 30.8. The summed E-state index contributed by atoms with van der Waals surface area (Å²) in [6.45, 7) is 0. The number of rotatable bonds is 18. The van der Waals surface area contributed by atoms with Crippen LogP contribution in [0.15, 0.2) is 457 Å². The molecule has 0 spiro atoms. The second kappa shape index (κ2) is 30.2. The molecule has 0 saturated heterocycles. The van der Waals surface area contributed by atoms with E-state index in [0.29, 0.717) is 0 Å². The molecule has 4 aromatic heterocycles. The molecule has 23 rings (SSSR count). The van der Waals surface area contributed by atoms with Gasteiger partial charge in [0.1, 0.15) is 22.3 Å². The van der Waals surface area contributed by atoms with E-state index in [1.54, 1.807) is 0 Å². The Morgan fingerprint density at radius 1 is 0.262 bits per heavy atom. The lowest BCUT2D eigenvalue weighted by Gasteiger charge is -2.32. The first-order chi connectivity index (χ1) is 60.5. The molecule has 0 N–H and O–H groups in total. The highest BCUT2D eigenvalue weighted by Gasteiger charge is 2.27. The molecule has 1 unspecified atom stereocenters. The van der Waals surface area contributed by atoms with Crippen LogP contribution < -0.4 is 19.6 Å². The van der Waals surface area contributed by atoms with E-state index in [2.05, 4.69) is 460 Å². The summed E-state index contributed by atoms with van der Waals surface area (Å²) in [6, 6.07) is 148. The molecule has 0 fully saturated rings. The Labute approximate surface area is 707 Å². The number of furan rings is 2. The van der Waals surface area contributed by atoms with E-state index in [4.69, 9.17) is 8.83 Å². The maximum Gasteiger partial charge on any atom is 0.137 e. The summed E-state index contributed by atoms with van der Waals surface area (Å²) in [7, 11) is 0. The average molecular weight is 1570 g/mol. The first-order valence-corrected chi connectivity index (χ1v) is 42.1. The minimum absolute atomic E-state index is 0.145. The maximum absolute atomic E-state index is 6.70. The molecule has 122 heavy (non-hydrogen) atoms. The zero-order valence-corrected chi connectivity index (χ0v) is 66.8. The summed E-state index contributed by atoms with van der Waals surface area (Å²) in [4.78, 5) is 9.69. The van der Waals surface area contributed by atoms with Crippen molar-refractivity contribution in [1.82, 2.24) is 9.13 Å². The molecule has 0 aliphatic heterocycles. The number of hydrogen-bond donors (Lipinski definition) is 0. The minimum atomic E-state index is 0.145. The van der Waals surface area contributed by atoms with E-state index in [1.165, 1.54) is 38.6 Å². The van der Waals surface area contributed by atoms with Crippen LogP contribution >= 0.6 is 0 Å². The number of benzene rings is 17. The molecular weight excluding hydrogens is 1490 g/mol. The quantitative estimate of drug-likeness (QED) is 0.0853. The van der Waals surface area contributed by atoms with Gasteiger partial charge in [-0.3, -0.25) is 0 Å². The van der Waals surface area contributed by atoms with Crippen molar-refractivity contribution in [2.75, 3.05) is 19.6 Å². The van der Waals surface area contributed by atoms with Gasteiger partial charge in [-0.05, 0) is 234 Å². The van der Waals surface area contributed by atoms with E-state index in [-0.39, 0.29) is 5.92 Å². The standard InChI is InChI=1S/C114H80N6O2/c1-7-28-77(29-8-1)79-54-60-90(61-55-79)116(87-35-13-4-14-36-87)96-70-97(72-98(71-96)120-108-47-24-20-43-100(108)104-74-106-102-45-22-26-49-112(102)122-114(106)76-110(104)120)117(88-37-15-5-16-38-88)91-62-56-80(57-63-91)78-50-52-81(53-51-78)83-30-27-41-93(66-83)118(89-39-17-6-18-40-89)95-68-84(67-94(69-95)115(85-31-9-2-10-32-85)86-33-11-3-12-34-86)82-58-64-92(65-59-82)119-107-46-23-19-42-99(107)103-73-105-101-44-21-25-48-111(101)121-113(105)75-109(103)119/h1-11,13-33,35-50,52-76,78H,12,34,51H2. The smallest absolute Gasteiger partial charge is 0.137 e. The van der Waals surface area contributed by atoms with Crippen molar-refractivity contribution in [3.63, 3.8) is 0 Å². The predicted molar refractivity (Wildman–Crippen MR) is 511 cm³/mol. The second-order valence-electron chi connectivity index (χ2n) is 31.8. The number of aromatic nitrogens is 2. The lowest BCUT2D eigenvalue weighted by molar-refractivity contribution is 0.669. The van der Waals surface area contributed by atoms with Crippen molar-refractivity contribution in [3.05, 3.63) is 460 Å². The molecule has 17 aromatic carbocycles. The van der Waals surface area contributed by atoms with E-state index in [0.717, 1.165) is 187 Å². The van der Waals surface area contributed by atoms with Crippen LogP contribution in [0.3, 0.4) is 0 Å². The van der Waals surface area contributed by atoms with Crippen LogP contribution in [-0.4, -0.2) is 9.13 Å². The fourth-order valence-corrected chi connectivity index (χ4v) is 18.8. The van der Waals surface area contributed by atoms with Crippen molar-refractivity contribution in [3.8, 4) is 33.6 Å². The molecule has 2 aliphatic carbocycles. The van der Waals surface area contributed by atoms with E-state index < -0.39 is 0 Å². The molecule has 0 bridgehead atoms. The van der Waals surface area contributed by atoms with Crippen LogP contribution in [-0.2, 0) is 0 Å². The van der Waals surface area contributed by atoms with Crippen molar-refractivity contribution in [2.24, 2.45) is 0 Å². The molecule has 1 atom stereocenters. The highest BCUT2D eigenvalue weighted by molar-refractivity contribution is 6.19. The summed E-state index contributed by atoms with van der Waals surface area (Å²) in [6.07, 6.45) is 16.6. The van der Waals surface area contributed by atoms with Crippen molar-refractivity contribution in [2.45, 2.75) is 25.2 Å². The minimum Gasteiger partial charge on any atom is -0.456 e. The van der Waals surface area contributed by atoms with Crippen LogP contribution in [0.4, 0.5) is 62.6 Å². The van der Waals surface area contributed by atoms with Gasteiger partial charge in [-0.25, -0.2) is 0 Å². The molecule has 2 aliphatic rings. The fourth-order valence-electron chi connectivity index (χ4n) is 18.8. The van der Waals surface area contributed by atoms with Crippen molar-refractivity contribution in [1.29, 1.82) is 0 Å². The molecule has 0 amide bonds. The van der Waals surface area contributed by atoms with E-state index >= 15 is 0 Å². The van der Waals surface area contributed by atoms with E-state index in [9.17, 15) is 0 Å². The number of fused-ring (bicyclic) bond motifs is 12. The molecule has 578 valence electrons. The molecule has 0 radical (unpaired) electrons. The number of anilines is 11. The van der Waals surface area contributed by atoms with Gasteiger partial charge in [-0.1, -0.05) is 255 Å². The second-order valence-corrected chi connectivity index (χ2v) is 31.8. The number of para-hydroxylation sites is 8. The Morgan fingerprint density at radius 2 is 0.672 bits per heavy atom. The fraction of sp³-hybridized carbons (Fsp3) is 0.0351. The van der Waals surface area contributed by atoms with Crippen molar-refractivity contribution < 1.29 is 8.83 Å². The average Bonchev–Trinajstić information content (AvgIpc) is 1.66. The third-order valence-corrected chi connectivity index (χ3v) is 24.6. The van der Waals surface area contributed by atoms with Crippen LogP contribution in [0.25, 0.3) is 127 Å². The Hall–Kier alpha value is -15.9. The number of hydrogen-bond acceptors (Lipinski definition) is 6. The van der Waals surface area contributed by atoms with Gasteiger partial charge in [0.25, 0.3) is 0 Å². The van der Waals surface area contributed by atoms with Gasteiger partial charge in [-0.2, -0.15) is 0 Å². The summed E-state index contributed by atoms with van der Waals surface area (Å²) >= 11 is 0. The third-order valence-electron chi connectivity index (χ3n) is 24.6. The van der Waals surface area contributed by atoms with E-state index in [1.807, 2.05) is 12.1 Å². The van der Waals surface area contributed by atoms with Crippen LogP contribution in [0, 0.1) is 0 Å². The van der Waals surface area contributed by atoms with Gasteiger partial charge in [0.2, 0.25) is 0 Å². The van der Waals surface area contributed by atoms with Crippen LogP contribution in [0.2, 0.25) is 0 Å². The topological polar surface area (TPSA) is 49.1 Å². The zero-order chi connectivity index (χ0) is 80.6. The Morgan fingerprint density at radius 3 is 1.20 bits per heavy atom. The summed E-state index contributed by atoms with van der Waals surface area (Å²) in [5, 5.41) is 9.18. The lowest BCUT2D eigenvalue weighted by atomic mass is 9.88. The van der Waals surface area contributed by atoms with Crippen molar-refractivity contribution >= 4 is 156 Å². The lowest BCUT2D eigenvalue weighted by Crippen LogP contribution is -2.18. The summed E-state index contributed by atoms with van der Waals surface area (Å²) in [5.74, 6) is 0.145. The SMILES string of the molecule is C1=CCCC(N(c2ccccc2)c2cc(-c3ccc(-n4c5ccccc5c5cc6c(cc54)oc4ccccc46)cc3)cc(N(c3ccccc3)c3cccc(C4=CCC(c5ccc(N(c6ccccc6)c6cc(N(c7ccccc7)c7ccc(-c8ccccc8)cc7)cc(-n7c8ccccc8c8cc9c(cc87)oc7ccccc79)c6)cc5)C=C4)c3)c2)=C1. The Kier molecular flexibility index (Phi) is 17.7. The highest BCUT2D eigenvalue weighted by Crippen LogP contribution is 2.49. The van der Waals surface area contributed by atoms with Gasteiger partial charge < -0.3 is 37.6 Å². The maximum atomic E-state index is 6.70. The number of allylic oxidation sites excluding steroid dienone is 8. The third kappa shape index (κ3) is 12.8. The monoisotopic (exact) mass is 1560 g/mol. The molecule has 21 aromatic rings. The van der Waals surface area contributed by atoms with Crippen LogP contribution in [0.1, 0.15) is 36.3 Å². The predicted octanol–water partition coefficient (Wildman–Crippen LogP) is 31.9. The Balaban J connectivity index is 0.601. The molecular formula is C114H80N6O2. The number of nitrogens with zero attached hydrogens (tertiary/aromatic N) is 6. The summed E-state index contributed by atoms with van der Waals surface area (Å²) < 4.78 is 18.1. The highest BCUT2D eigenvalue weighted by atomic mass is 16.3. The molecule has 4 heterocycles. The zero-order valence-electron chi connectivity index (χ0n) is 66.8. The first-order valence-electron chi connectivity index (χ1n) is 42.1. The van der Waals surface area contributed by atoms with Gasteiger partial charge >= 0.3 is 0 Å². The van der Waals surface area contributed by atoms with Gasteiger partial charge in [0.05, 0.1) is 39.1 Å². The van der Waals surface area contributed by atoms with Gasteiger partial charge in [-0.15, -0.1) is 0 Å². The van der Waals surface area contributed by atoms with Gasteiger partial charge in [0.15, 0.2) is 0 Å².